The second-order valence-electron chi connectivity index (χ2n) is 3.92. The monoisotopic (exact) mass is 219 g/mol. The molecule has 1 aliphatic rings. The number of aromatic nitrogens is 4. The summed E-state index contributed by atoms with van der Waals surface area (Å²) in [6.07, 6.45) is 3.25. The van der Waals surface area contributed by atoms with E-state index in [-0.39, 0.29) is 5.92 Å². The van der Waals surface area contributed by atoms with E-state index in [0.717, 1.165) is 17.9 Å². The highest BCUT2D eigenvalue weighted by Gasteiger charge is 2.30. The second-order valence-corrected chi connectivity index (χ2v) is 3.92. The van der Waals surface area contributed by atoms with Gasteiger partial charge in [0.15, 0.2) is 5.65 Å². The summed E-state index contributed by atoms with van der Waals surface area (Å²) < 4.78 is 5.45. The SMILES string of the molecule is CNC1COCC1c1nc2ncncc2[nH]1. The quantitative estimate of drug-likeness (QED) is 0.746. The van der Waals surface area contributed by atoms with Crippen LogP contribution in [0.3, 0.4) is 0 Å². The molecule has 84 valence electrons. The Morgan fingerprint density at radius 1 is 1.50 bits per heavy atom. The fourth-order valence-corrected chi connectivity index (χ4v) is 2.06. The van der Waals surface area contributed by atoms with Crippen molar-refractivity contribution in [1.82, 2.24) is 25.3 Å². The normalized spacial score (nSPS) is 25.3. The fraction of sp³-hybridized carbons (Fsp3) is 0.500. The van der Waals surface area contributed by atoms with Gasteiger partial charge in [0.1, 0.15) is 17.7 Å². The molecule has 6 nitrogen and oxygen atoms in total. The first-order valence-electron chi connectivity index (χ1n) is 5.29. The highest BCUT2D eigenvalue weighted by molar-refractivity contribution is 5.68. The van der Waals surface area contributed by atoms with Gasteiger partial charge in [-0.25, -0.2) is 15.0 Å². The molecule has 2 unspecified atom stereocenters. The van der Waals surface area contributed by atoms with Gasteiger partial charge in [-0.3, -0.25) is 0 Å². The molecule has 0 aliphatic carbocycles. The van der Waals surface area contributed by atoms with Crippen LogP contribution in [0.5, 0.6) is 0 Å². The average molecular weight is 219 g/mol. The first kappa shape index (κ1) is 9.68. The molecule has 0 bridgehead atoms. The molecule has 1 fully saturated rings. The molecule has 2 aromatic rings. The molecule has 0 saturated carbocycles. The topological polar surface area (TPSA) is 75.7 Å². The summed E-state index contributed by atoms with van der Waals surface area (Å²) in [6.45, 7) is 1.42. The van der Waals surface area contributed by atoms with Crippen LogP contribution in [0.2, 0.25) is 0 Å². The Bertz CT molecular complexity index is 464. The Hall–Kier alpha value is -1.53. The van der Waals surface area contributed by atoms with Gasteiger partial charge in [-0.1, -0.05) is 0 Å². The number of fused-ring (bicyclic) bond motifs is 1. The van der Waals surface area contributed by atoms with E-state index < -0.39 is 0 Å². The second kappa shape index (κ2) is 3.80. The van der Waals surface area contributed by atoms with Crippen molar-refractivity contribution in [2.24, 2.45) is 0 Å². The molecule has 0 amide bonds. The molecule has 0 aromatic carbocycles. The van der Waals surface area contributed by atoms with Crippen molar-refractivity contribution in [3.8, 4) is 0 Å². The highest BCUT2D eigenvalue weighted by Crippen LogP contribution is 2.24. The van der Waals surface area contributed by atoms with E-state index in [4.69, 9.17) is 4.74 Å². The van der Waals surface area contributed by atoms with Crippen molar-refractivity contribution in [2.45, 2.75) is 12.0 Å². The van der Waals surface area contributed by atoms with Crippen LogP contribution in [0.4, 0.5) is 0 Å². The van der Waals surface area contributed by atoms with Crippen LogP contribution in [0.1, 0.15) is 11.7 Å². The van der Waals surface area contributed by atoms with Gasteiger partial charge in [0.2, 0.25) is 0 Å². The summed E-state index contributed by atoms with van der Waals surface area (Å²) in [6, 6.07) is 0.313. The van der Waals surface area contributed by atoms with Crippen molar-refractivity contribution >= 4 is 11.2 Å². The lowest BCUT2D eigenvalue weighted by Gasteiger charge is -2.13. The molecule has 6 heteroatoms. The maximum atomic E-state index is 5.45. The lowest BCUT2D eigenvalue weighted by molar-refractivity contribution is 0.188. The van der Waals surface area contributed by atoms with E-state index >= 15 is 0 Å². The zero-order valence-corrected chi connectivity index (χ0v) is 8.97. The molecule has 3 rings (SSSR count). The van der Waals surface area contributed by atoms with E-state index in [1.807, 2.05) is 7.05 Å². The number of H-pyrrole nitrogens is 1. The summed E-state index contributed by atoms with van der Waals surface area (Å²) >= 11 is 0. The molecule has 1 saturated heterocycles. The molecule has 2 atom stereocenters. The van der Waals surface area contributed by atoms with Gasteiger partial charge in [-0.15, -0.1) is 0 Å². The number of likely N-dealkylation sites (N-methyl/N-ethyl adjacent to an activating group) is 1. The van der Waals surface area contributed by atoms with E-state index in [1.165, 1.54) is 6.33 Å². The van der Waals surface area contributed by atoms with Crippen LogP contribution < -0.4 is 5.32 Å². The van der Waals surface area contributed by atoms with Crippen LogP contribution in [0, 0.1) is 0 Å². The number of nitrogens with zero attached hydrogens (tertiary/aromatic N) is 3. The highest BCUT2D eigenvalue weighted by atomic mass is 16.5. The summed E-state index contributed by atoms with van der Waals surface area (Å²) in [7, 11) is 1.94. The number of rotatable bonds is 2. The Labute approximate surface area is 92.5 Å². The lowest BCUT2D eigenvalue weighted by Crippen LogP contribution is -2.31. The number of hydrogen-bond acceptors (Lipinski definition) is 5. The van der Waals surface area contributed by atoms with Gasteiger partial charge >= 0.3 is 0 Å². The summed E-state index contributed by atoms with van der Waals surface area (Å²) in [5, 5.41) is 3.24. The smallest absolute Gasteiger partial charge is 0.180 e. The predicted octanol–water partition coefficient (Wildman–Crippen LogP) is 0.0547. The zero-order valence-electron chi connectivity index (χ0n) is 8.97. The first-order valence-corrected chi connectivity index (χ1v) is 5.29. The van der Waals surface area contributed by atoms with Gasteiger partial charge < -0.3 is 15.0 Å². The van der Waals surface area contributed by atoms with Gasteiger partial charge in [-0.05, 0) is 7.05 Å². The Morgan fingerprint density at radius 2 is 2.44 bits per heavy atom. The maximum Gasteiger partial charge on any atom is 0.180 e. The average Bonchev–Trinajstić information content (AvgIpc) is 2.94. The molecular weight excluding hydrogens is 206 g/mol. The Morgan fingerprint density at radius 3 is 3.25 bits per heavy atom. The zero-order chi connectivity index (χ0) is 11.0. The van der Waals surface area contributed by atoms with E-state index in [0.29, 0.717) is 18.3 Å². The van der Waals surface area contributed by atoms with Gasteiger partial charge in [-0.2, -0.15) is 0 Å². The van der Waals surface area contributed by atoms with Gasteiger partial charge in [0, 0.05) is 6.04 Å². The molecule has 2 N–H and O–H groups in total. The van der Waals surface area contributed by atoms with Gasteiger partial charge in [0.25, 0.3) is 0 Å². The number of ether oxygens (including phenoxy) is 1. The van der Waals surface area contributed by atoms with E-state index in [2.05, 4.69) is 25.3 Å². The Balaban J connectivity index is 1.99. The molecule has 1 aliphatic heterocycles. The molecule has 2 aromatic heterocycles. The number of aromatic amines is 1. The van der Waals surface area contributed by atoms with Gasteiger partial charge in [0.05, 0.1) is 25.3 Å². The van der Waals surface area contributed by atoms with Crippen molar-refractivity contribution in [1.29, 1.82) is 0 Å². The summed E-state index contributed by atoms with van der Waals surface area (Å²) in [4.78, 5) is 15.8. The molecular formula is C10H13N5O. The first-order chi connectivity index (χ1) is 7.88. The standard InChI is InChI=1S/C10H13N5O/c1-11-8-4-16-3-6(8)9-14-7-2-12-5-13-10(7)15-9/h2,5-6,8,11H,3-4H2,1H3,(H,12,13,14,15). The number of hydrogen-bond donors (Lipinski definition) is 2. The maximum absolute atomic E-state index is 5.45. The lowest BCUT2D eigenvalue weighted by atomic mass is 10.0. The molecule has 0 spiro atoms. The van der Waals surface area contributed by atoms with Crippen molar-refractivity contribution in [3.63, 3.8) is 0 Å². The number of nitrogens with one attached hydrogen (secondary N) is 2. The minimum atomic E-state index is 0.263. The fourth-order valence-electron chi connectivity index (χ4n) is 2.06. The molecule has 0 radical (unpaired) electrons. The van der Waals surface area contributed by atoms with Crippen molar-refractivity contribution in [2.75, 3.05) is 20.3 Å². The van der Waals surface area contributed by atoms with E-state index in [1.54, 1.807) is 6.20 Å². The third-order valence-corrected chi connectivity index (χ3v) is 2.98. The largest absolute Gasteiger partial charge is 0.379 e. The van der Waals surface area contributed by atoms with Crippen LogP contribution in [-0.2, 0) is 4.74 Å². The minimum Gasteiger partial charge on any atom is -0.379 e. The minimum absolute atomic E-state index is 0.263. The summed E-state index contributed by atoms with van der Waals surface area (Å²) in [5.41, 5.74) is 1.59. The number of imidazole rings is 1. The van der Waals surface area contributed by atoms with E-state index in [9.17, 15) is 0 Å². The molecule has 3 heterocycles. The van der Waals surface area contributed by atoms with Crippen LogP contribution in [0.15, 0.2) is 12.5 Å². The molecule has 16 heavy (non-hydrogen) atoms. The Kier molecular flexibility index (Phi) is 2.30. The van der Waals surface area contributed by atoms with Crippen LogP contribution in [0.25, 0.3) is 11.2 Å². The predicted molar refractivity (Wildman–Crippen MR) is 58.1 cm³/mol. The van der Waals surface area contributed by atoms with Crippen molar-refractivity contribution in [3.05, 3.63) is 18.3 Å². The van der Waals surface area contributed by atoms with Crippen molar-refractivity contribution < 1.29 is 4.74 Å². The van der Waals surface area contributed by atoms with Crippen LogP contribution in [-0.4, -0.2) is 46.2 Å². The third-order valence-electron chi connectivity index (χ3n) is 2.98. The third kappa shape index (κ3) is 1.46. The van der Waals surface area contributed by atoms with Crippen LogP contribution >= 0.6 is 0 Å². The summed E-state index contributed by atoms with van der Waals surface area (Å²) in [5.74, 6) is 1.19.